The summed E-state index contributed by atoms with van der Waals surface area (Å²) in [5.41, 5.74) is 4.56. The Morgan fingerprint density at radius 3 is 2.45 bits per heavy atom. The first-order valence-corrected chi connectivity index (χ1v) is 13.9. The van der Waals surface area contributed by atoms with Crippen molar-refractivity contribution in [2.45, 2.75) is 51.7 Å². The minimum atomic E-state index is -1.30. The van der Waals surface area contributed by atoms with Gasteiger partial charge in [0.2, 0.25) is 0 Å². The minimum Gasteiger partial charge on any atom is -0.505 e. The molecule has 1 heterocycles. The van der Waals surface area contributed by atoms with Crippen LogP contribution in [0.2, 0.25) is 19.1 Å². The highest BCUT2D eigenvalue weighted by Gasteiger charge is 2.23. The zero-order valence-corrected chi connectivity index (χ0v) is 20.4. The summed E-state index contributed by atoms with van der Waals surface area (Å²) in [5, 5.41) is 20.1. The van der Waals surface area contributed by atoms with Crippen molar-refractivity contribution in [1.82, 2.24) is 15.0 Å². The number of hydrogen-bond acceptors (Lipinski definition) is 5. The van der Waals surface area contributed by atoms with Crippen LogP contribution in [-0.4, -0.2) is 41.9 Å². The molecule has 7 heteroatoms. The molecule has 0 fully saturated rings. The third kappa shape index (κ3) is 5.28. The Bertz CT molecular complexity index is 1080. The van der Waals surface area contributed by atoms with Crippen LogP contribution in [0.1, 0.15) is 32.8 Å². The second-order valence-corrected chi connectivity index (χ2v) is 14.5. The first-order valence-electron chi connectivity index (χ1n) is 10.6. The van der Waals surface area contributed by atoms with Crippen molar-refractivity contribution < 1.29 is 14.6 Å². The molecular formula is C24H33N3O3Si. The molecule has 0 saturated carbocycles. The summed E-state index contributed by atoms with van der Waals surface area (Å²) in [6, 6.07) is 10.4. The summed E-state index contributed by atoms with van der Waals surface area (Å²) in [4.78, 5) is 1.46. The lowest BCUT2D eigenvalue weighted by molar-refractivity contribution is 0.317. The summed E-state index contributed by atoms with van der Waals surface area (Å²) in [6.45, 7) is 15.4. The summed E-state index contributed by atoms with van der Waals surface area (Å²) in [5.74, 6) is 1.57. The fraction of sp³-hybridized carbons (Fsp3) is 0.417. The Balaban J connectivity index is 1.86. The number of aromatic nitrogens is 3. The monoisotopic (exact) mass is 439 g/mol. The molecule has 3 aromatic rings. The van der Waals surface area contributed by atoms with Crippen molar-refractivity contribution in [3.63, 3.8) is 0 Å². The zero-order chi connectivity index (χ0) is 22.8. The molecule has 166 valence electrons. The van der Waals surface area contributed by atoms with Crippen LogP contribution in [0.15, 0.2) is 42.6 Å². The molecule has 0 saturated heterocycles. The number of rotatable bonds is 8. The fourth-order valence-electron chi connectivity index (χ4n) is 3.35. The molecule has 2 aromatic carbocycles. The van der Waals surface area contributed by atoms with Gasteiger partial charge in [-0.15, -0.1) is 27.3 Å². The minimum absolute atomic E-state index is 0.152. The molecule has 0 aliphatic carbocycles. The van der Waals surface area contributed by atoms with E-state index in [4.69, 9.17) is 9.47 Å². The molecule has 0 atom stereocenters. The molecule has 31 heavy (non-hydrogen) atoms. The quantitative estimate of drug-likeness (QED) is 0.364. The smallest absolute Gasteiger partial charge is 0.147 e. The molecule has 0 bridgehead atoms. The van der Waals surface area contributed by atoms with E-state index in [0.717, 1.165) is 29.3 Å². The Labute approximate surface area is 185 Å². The number of ether oxygens (including phenoxy) is 2. The Morgan fingerprint density at radius 1 is 1.10 bits per heavy atom. The van der Waals surface area contributed by atoms with E-state index in [9.17, 15) is 5.11 Å². The van der Waals surface area contributed by atoms with E-state index >= 15 is 0 Å². The van der Waals surface area contributed by atoms with Crippen molar-refractivity contribution in [1.29, 1.82) is 0 Å². The van der Waals surface area contributed by atoms with Gasteiger partial charge in [0.1, 0.15) is 34.0 Å². The van der Waals surface area contributed by atoms with Gasteiger partial charge in [0, 0.05) is 17.7 Å². The van der Waals surface area contributed by atoms with Gasteiger partial charge in [-0.3, -0.25) is 0 Å². The summed E-state index contributed by atoms with van der Waals surface area (Å²) < 4.78 is 11.4. The second-order valence-electron chi connectivity index (χ2n) is 9.58. The predicted octanol–water partition coefficient (Wildman–Crippen LogP) is 5.63. The van der Waals surface area contributed by atoms with Gasteiger partial charge in [-0.2, -0.15) is 0 Å². The van der Waals surface area contributed by atoms with E-state index in [1.54, 1.807) is 13.2 Å². The number of benzene rings is 2. The standard InChI is InChI=1S/C24H33N3O3Si/c1-8-31(6,7)13-9-12-30-17-10-11-20-21(15-17)26-27(25-20)22-16-18(29-5)14-19(23(22)28)24(2,3)4/h8,10-11,14-16,28H,1,9,12-13H2,2-7H3. The fourth-order valence-corrected chi connectivity index (χ4v) is 4.61. The number of methoxy groups -OCH3 is 1. The maximum Gasteiger partial charge on any atom is 0.147 e. The summed E-state index contributed by atoms with van der Waals surface area (Å²) >= 11 is 0. The van der Waals surface area contributed by atoms with Crippen LogP contribution >= 0.6 is 0 Å². The highest BCUT2D eigenvalue weighted by atomic mass is 28.3. The van der Waals surface area contributed by atoms with Crippen LogP contribution in [0.5, 0.6) is 17.2 Å². The average Bonchev–Trinajstić information content (AvgIpc) is 3.13. The van der Waals surface area contributed by atoms with Crippen LogP contribution in [0, 0.1) is 0 Å². The molecule has 1 N–H and O–H groups in total. The van der Waals surface area contributed by atoms with E-state index in [1.807, 2.05) is 45.0 Å². The maximum atomic E-state index is 10.9. The van der Waals surface area contributed by atoms with Gasteiger partial charge in [0.25, 0.3) is 0 Å². The number of hydrogen-bond donors (Lipinski definition) is 1. The first-order chi connectivity index (χ1) is 14.5. The number of phenolic OH excluding ortho intramolecular Hbond substituents is 1. The third-order valence-corrected chi connectivity index (χ3v) is 8.21. The van der Waals surface area contributed by atoms with Gasteiger partial charge >= 0.3 is 0 Å². The highest BCUT2D eigenvalue weighted by Crippen LogP contribution is 2.38. The van der Waals surface area contributed by atoms with Crippen LogP contribution < -0.4 is 9.47 Å². The van der Waals surface area contributed by atoms with Gasteiger partial charge in [-0.1, -0.05) is 39.9 Å². The molecule has 0 amide bonds. The highest BCUT2D eigenvalue weighted by molar-refractivity contribution is 6.82. The van der Waals surface area contributed by atoms with Crippen LogP contribution in [0.3, 0.4) is 0 Å². The Morgan fingerprint density at radius 2 is 1.81 bits per heavy atom. The molecule has 1 aromatic heterocycles. The molecule has 0 aliphatic rings. The molecular weight excluding hydrogens is 406 g/mol. The third-order valence-electron chi connectivity index (χ3n) is 5.46. The van der Waals surface area contributed by atoms with Crippen molar-refractivity contribution in [2.24, 2.45) is 0 Å². The number of fused-ring (bicyclic) bond motifs is 1. The normalized spacial score (nSPS) is 12.2. The van der Waals surface area contributed by atoms with E-state index in [2.05, 4.69) is 35.6 Å². The molecule has 0 aliphatic heterocycles. The van der Waals surface area contributed by atoms with E-state index in [-0.39, 0.29) is 11.2 Å². The van der Waals surface area contributed by atoms with Crippen LogP contribution in [0.25, 0.3) is 16.7 Å². The van der Waals surface area contributed by atoms with Crippen molar-refractivity contribution >= 4 is 19.1 Å². The molecule has 0 radical (unpaired) electrons. The van der Waals surface area contributed by atoms with E-state index in [0.29, 0.717) is 23.6 Å². The number of phenols is 1. The number of nitrogens with zero attached hydrogens (tertiary/aromatic N) is 3. The Hall–Kier alpha value is -2.80. The topological polar surface area (TPSA) is 69.4 Å². The molecule has 0 unspecified atom stereocenters. The zero-order valence-electron chi connectivity index (χ0n) is 19.4. The first kappa shape index (κ1) is 22.9. The van der Waals surface area contributed by atoms with E-state index in [1.165, 1.54) is 4.80 Å². The lowest BCUT2D eigenvalue weighted by Gasteiger charge is -2.22. The molecule has 6 nitrogen and oxygen atoms in total. The second kappa shape index (κ2) is 8.75. The van der Waals surface area contributed by atoms with Gasteiger partial charge in [-0.25, -0.2) is 0 Å². The van der Waals surface area contributed by atoms with Gasteiger partial charge in [-0.05, 0) is 30.0 Å². The Kier molecular flexibility index (Phi) is 6.45. The molecule has 0 spiro atoms. The lowest BCUT2D eigenvalue weighted by atomic mass is 9.86. The van der Waals surface area contributed by atoms with Gasteiger partial charge in [0.05, 0.1) is 21.8 Å². The van der Waals surface area contributed by atoms with Crippen molar-refractivity contribution in [2.75, 3.05) is 13.7 Å². The van der Waals surface area contributed by atoms with Crippen molar-refractivity contribution in [3.05, 3.63) is 48.2 Å². The van der Waals surface area contributed by atoms with Gasteiger partial charge < -0.3 is 14.6 Å². The lowest BCUT2D eigenvalue weighted by Crippen LogP contribution is -2.22. The maximum absolute atomic E-state index is 10.9. The number of aromatic hydroxyl groups is 1. The van der Waals surface area contributed by atoms with Crippen molar-refractivity contribution in [3.8, 4) is 22.9 Å². The largest absolute Gasteiger partial charge is 0.505 e. The summed E-state index contributed by atoms with van der Waals surface area (Å²) in [6.07, 6.45) is 1.00. The predicted molar refractivity (Wildman–Crippen MR) is 128 cm³/mol. The van der Waals surface area contributed by atoms with Crippen LogP contribution in [0.4, 0.5) is 0 Å². The molecule has 3 rings (SSSR count). The van der Waals surface area contributed by atoms with E-state index < -0.39 is 8.07 Å². The average molecular weight is 440 g/mol. The SMILES string of the molecule is C=C[Si](C)(C)CCCOc1ccc2nn(-c3cc(OC)cc(C(C)(C)C)c3O)nc2c1. The summed E-state index contributed by atoms with van der Waals surface area (Å²) in [7, 11) is 0.308. The van der Waals surface area contributed by atoms with Crippen LogP contribution in [-0.2, 0) is 5.41 Å². The van der Waals surface area contributed by atoms with Gasteiger partial charge in [0.15, 0.2) is 0 Å².